The van der Waals surface area contributed by atoms with E-state index in [2.05, 4.69) is 35.1 Å². The van der Waals surface area contributed by atoms with Crippen LogP contribution in [0.1, 0.15) is 20.8 Å². The molecular weight excluding hydrogens is 203 g/mol. The molecule has 0 amide bonds. The van der Waals surface area contributed by atoms with E-state index in [0.29, 0.717) is 0 Å². The Hall–Kier alpha value is 0.853. The van der Waals surface area contributed by atoms with E-state index in [0.717, 1.165) is 5.25 Å². The van der Waals surface area contributed by atoms with Gasteiger partial charge < -0.3 is 0 Å². The molecule has 1 saturated heterocycles. The van der Waals surface area contributed by atoms with Crippen LogP contribution in [0.3, 0.4) is 0 Å². The zero-order valence-corrected chi connectivity index (χ0v) is 10.0. The van der Waals surface area contributed by atoms with E-state index in [1.165, 1.54) is 17.1 Å². The Balaban J connectivity index is 2.51. The predicted molar refractivity (Wildman–Crippen MR) is 51.8 cm³/mol. The van der Waals surface area contributed by atoms with Gasteiger partial charge in [-0.05, 0) is 0 Å². The summed E-state index contributed by atoms with van der Waals surface area (Å²) < 4.78 is 3.77. The molecule has 0 bridgehead atoms. The summed E-state index contributed by atoms with van der Waals surface area (Å²) in [5.41, 5.74) is 0. The molecule has 1 nitrogen and oxygen atoms in total. The molecule has 1 heterocycles. The Morgan fingerprint density at radius 1 is 1.50 bits per heavy atom. The van der Waals surface area contributed by atoms with Crippen LogP contribution in [0.4, 0.5) is 0 Å². The molecule has 1 aliphatic heterocycles. The summed E-state index contributed by atoms with van der Waals surface area (Å²) in [7, 11) is 2.29. The van der Waals surface area contributed by atoms with Crippen LogP contribution in [0.5, 0.6) is 0 Å². The van der Waals surface area contributed by atoms with Crippen molar-refractivity contribution in [1.82, 2.24) is 4.27 Å². The topological polar surface area (TPSA) is 12.0 Å². The van der Waals surface area contributed by atoms with Gasteiger partial charge in [0.1, 0.15) is 0 Å². The SMILES string of the molecule is C[CH2][Ge]1([CH2]C)[NH]CC(C)[S]1. The van der Waals surface area contributed by atoms with Gasteiger partial charge in [-0.25, -0.2) is 0 Å². The van der Waals surface area contributed by atoms with Crippen LogP contribution in [0.15, 0.2) is 0 Å². The second-order valence-electron chi connectivity index (χ2n) is 3.01. The van der Waals surface area contributed by atoms with Crippen molar-refractivity contribution in [3.8, 4) is 0 Å². The van der Waals surface area contributed by atoms with Gasteiger partial charge in [0.15, 0.2) is 0 Å². The van der Waals surface area contributed by atoms with Gasteiger partial charge in [-0.15, -0.1) is 0 Å². The Kier molecular flexibility index (Phi) is 3.13. The van der Waals surface area contributed by atoms with Crippen LogP contribution in [0.2, 0.25) is 10.5 Å². The van der Waals surface area contributed by atoms with Crippen LogP contribution in [-0.2, 0) is 0 Å². The van der Waals surface area contributed by atoms with E-state index in [4.69, 9.17) is 0 Å². The molecule has 1 N–H and O–H groups in total. The third-order valence-electron chi connectivity index (χ3n) is 2.28. The second-order valence-corrected chi connectivity index (χ2v) is 17.5. The first kappa shape index (κ1) is 8.94. The number of hydrogen-bond acceptors (Lipinski definition) is 2. The Morgan fingerprint density at radius 2 is 2.10 bits per heavy atom. The monoisotopic (exact) mass is 221 g/mol. The van der Waals surface area contributed by atoms with E-state index in [9.17, 15) is 0 Å². The summed E-state index contributed by atoms with van der Waals surface area (Å²) in [6.07, 6.45) is 0. The molecule has 3 heteroatoms. The fourth-order valence-electron chi connectivity index (χ4n) is 1.46. The molecule has 0 saturated carbocycles. The third kappa shape index (κ3) is 1.71. The maximum absolute atomic E-state index is 3.77. The minimum absolute atomic E-state index is 0.889. The van der Waals surface area contributed by atoms with E-state index in [1.54, 1.807) is 0 Å². The standard InChI is InChI=1S/C7H17GeNS/c1-4-8(5-2)9-6-7(3)10-8/h7,9H,4-6H2,1-3H3. The molecule has 0 aromatic carbocycles. The average Bonchev–Trinajstić information content (AvgIpc) is 2.33. The van der Waals surface area contributed by atoms with Crippen molar-refractivity contribution in [2.24, 2.45) is 0 Å². The van der Waals surface area contributed by atoms with Gasteiger partial charge in [0.2, 0.25) is 0 Å². The van der Waals surface area contributed by atoms with Gasteiger partial charge in [-0.3, -0.25) is 0 Å². The first-order valence-electron chi connectivity index (χ1n) is 4.15. The summed E-state index contributed by atoms with van der Waals surface area (Å²) >= 11 is -1.46. The first-order chi connectivity index (χ1) is 4.72. The number of rotatable bonds is 2. The molecule has 0 aromatic heterocycles. The number of nitrogens with one attached hydrogen (secondary N) is 1. The summed E-state index contributed by atoms with van der Waals surface area (Å²) in [6.45, 7) is 8.31. The summed E-state index contributed by atoms with van der Waals surface area (Å²) in [5.74, 6) is 0. The molecule has 60 valence electrons. The van der Waals surface area contributed by atoms with Crippen LogP contribution < -0.4 is 4.27 Å². The predicted octanol–water partition coefficient (Wildman–Crippen LogP) is 2.19. The Morgan fingerprint density at radius 3 is 2.30 bits per heavy atom. The molecule has 0 spiro atoms. The number of hydrogen-bond donors (Lipinski definition) is 1. The van der Waals surface area contributed by atoms with Crippen LogP contribution in [0, 0.1) is 0 Å². The van der Waals surface area contributed by atoms with Crippen molar-refractivity contribution in [2.45, 2.75) is 36.5 Å². The van der Waals surface area contributed by atoms with Gasteiger partial charge in [0.25, 0.3) is 0 Å². The van der Waals surface area contributed by atoms with Gasteiger partial charge in [0.05, 0.1) is 0 Å². The normalized spacial score (nSPS) is 30.9. The van der Waals surface area contributed by atoms with Gasteiger partial charge in [-0.1, -0.05) is 0 Å². The van der Waals surface area contributed by atoms with Crippen LogP contribution >= 0.6 is 10.1 Å². The summed E-state index contributed by atoms with van der Waals surface area (Å²) in [4.78, 5) is 0. The molecule has 0 radical (unpaired) electrons. The van der Waals surface area contributed by atoms with Crippen molar-refractivity contribution in [2.75, 3.05) is 6.54 Å². The van der Waals surface area contributed by atoms with Gasteiger partial charge >= 0.3 is 69.8 Å². The molecule has 1 unspecified atom stereocenters. The zero-order chi connectivity index (χ0) is 7.61. The zero-order valence-electron chi connectivity index (χ0n) is 7.11. The van der Waals surface area contributed by atoms with Crippen molar-refractivity contribution < 1.29 is 0 Å². The molecular formula is C7H17GeNS. The maximum atomic E-state index is 3.77. The molecule has 1 atom stereocenters. The van der Waals surface area contributed by atoms with E-state index in [1.807, 2.05) is 0 Å². The molecule has 1 aliphatic rings. The Labute approximate surface area is 69.9 Å². The van der Waals surface area contributed by atoms with Gasteiger partial charge in [-0.2, -0.15) is 0 Å². The molecule has 10 heavy (non-hydrogen) atoms. The summed E-state index contributed by atoms with van der Waals surface area (Å²) in [5, 5.41) is 3.76. The quantitative estimate of drug-likeness (QED) is 0.715. The average molecular weight is 220 g/mol. The Bertz CT molecular complexity index is 114. The summed E-state index contributed by atoms with van der Waals surface area (Å²) in [6, 6.07) is 0. The van der Waals surface area contributed by atoms with E-state index in [-0.39, 0.29) is 0 Å². The van der Waals surface area contributed by atoms with Crippen molar-refractivity contribution in [3.63, 3.8) is 0 Å². The van der Waals surface area contributed by atoms with Crippen molar-refractivity contribution >= 4 is 22.4 Å². The van der Waals surface area contributed by atoms with Gasteiger partial charge in [0, 0.05) is 0 Å². The fraction of sp³-hybridized carbons (Fsp3) is 1.00. The van der Waals surface area contributed by atoms with Crippen LogP contribution in [-0.4, -0.2) is 24.1 Å². The van der Waals surface area contributed by atoms with E-state index < -0.39 is 12.3 Å². The fourth-order valence-corrected chi connectivity index (χ4v) is 15.1. The second kappa shape index (κ2) is 3.50. The molecule has 1 rings (SSSR count). The van der Waals surface area contributed by atoms with E-state index >= 15 is 0 Å². The minimum atomic E-state index is -1.46. The van der Waals surface area contributed by atoms with Crippen molar-refractivity contribution in [1.29, 1.82) is 0 Å². The molecule has 0 aromatic rings. The first-order valence-corrected chi connectivity index (χ1v) is 11.6. The third-order valence-corrected chi connectivity index (χ3v) is 19.0. The van der Waals surface area contributed by atoms with Crippen LogP contribution in [0.25, 0.3) is 0 Å². The van der Waals surface area contributed by atoms with Crippen molar-refractivity contribution in [3.05, 3.63) is 0 Å². The molecule has 1 fully saturated rings. The molecule has 0 aliphatic carbocycles.